The number of unbranched alkanes of at least 4 members (excludes halogenated alkanes) is 2. The van der Waals surface area contributed by atoms with E-state index in [4.69, 9.17) is 21.1 Å². The van der Waals surface area contributed by atoms with Crippen LogP contribution in [0.1, 0.15) is 69.8 Å². The number of rotatable bonds is 13. The number of azo groups is 1. The van der Waals surface area contributed by atoms with Crippen molar-refractivity contribution >= 4 is 23.4 Å². The Balaban J connectivity index is 1.68. The summed E-state index contributed by atoms with van der Waals surface area (Å²) in [7, 11) is 0. The molecule has 0 saturated carbocycles. The summed E-state index contributed by atoms with van der Waals surface area (Å²) >= 11 is 6.40. The van der Waals surface area contributed by atoms with Crippen LogP contribution < -0.4 is 9.47 Å². The molecule has 2 rings (SSSR count). The molecule has 0 aliphatic carbocycles. The van der Waals surface area contributed by atoms with Crippen molar-refractivity contribution in [3.63, 3.8) is 0 Å². The third-order valence-corrected chi connectivity index (χ3v) is 5.55. The second kappa shape index (κ2) is 14.5. The van der Waals surface area contributed by atoms with Crippen LogP contribution in [0.15, 0.2) is 52.7 Å². The maximum atomic E-state index is 12.9. The Kier molecular flexibility index (Phi) is 11.7. The number of amides is 2. The number of hydrogen-bond donors (Lipinski definition) is 0. The first-order chi connectivity index (χ1) is 16.7. The zero-order chi connectivity index (χ0) is 25.8. The summed E-state index contributed by atoms with van der Waals surface area (Å²) in [4.78, 5) is 25.5. The van der Waals surface area contributed by atoms with E-state index in [0.29, 0.717) is 36.1 Å². The molecule has 0 N–H and O–H groups in total. The first kappa shape index (κ1) is 28.3. The lowest BCUT2D eigenvalue weighted by molar-refractivity contribution is -0.116. The van der Waals surface area contributed by atoms with Crippen LogP contribution in [0.5, 0.6) is 11.5 Å². The quantitative estimate of drug-likeness (QED) is 0.225. The summed E-state index contributed by atoms with van der Waals surface area (Å²) in [6.07, 6.45) is 2.76. The topological polar surface area (TPSA) is 80.6 Å². The van der Waals surface area contributed by atoms with Gasteiger partial charge in [-0.1, -0.05) is 23.7 Å². The number of ether oxygens (including phenoxy) is 2. The molecule has 0 aliphatic rings. The van der Waals surface area contributed by atoms with Crippen molar-refractivity contribution in [3.05, 3.63) is 58.6 Å². The highest BCUT2D eigenvalue weighted by atomic mass is 35.5. The predicted molar refractivity (Wildman–Crippen MR) is 138 cm³/mol. The molecule has 2 amide bonds. The zero-order valence-corrected chi connectivity index (χ0v) is 22.0. The van der Waals surface area contributed by atoms with Gasteiger partial charge in [0.25, 0.3) is 11.8 Å². The fourth-order valence-corrected chi connectivity index (χ4v) is 3.88. The van der Waals surface area contributed by atoms with E-state index in [2.05, 4.69) is 10.2 Å². The van der Waals surface area contributed by atoms with Crippen molar-refractivity contribution in [1.29, 1.82) is 0 Å². The first-order valence-electron chi connectivity index (χ1n) is 12.0. The molecule has 0 spiro atoms. The molecule has 0 heterocycles. The fraction of sp³-hybridized carbons (Fsp3) is 0.481. The zero-order valence-electron chi connectivity index (χ0n) is 21.3. The summed E-state index contributed by atoms with van der Waals surface area (Å²) in [5.74, 6) is 1.08. The van der Waals surface area contributed by atoms with E-state index in [1.165, 1.54) is 6.92 Å². The van der Waals surface area contributed by atoms with Gasteiger partial charge < -0.3 is 14.4 Å². The molecule has 8 heteroatoms. The summed E-state index contributed by atoms with van der Waals surface area (Å²) in [5.41, 5.74) is 1.46. The number of halogens is 1. The molecule has 0 fully saturated rings. The normalized spacial score (nSPS) is 11.3. The van der Waals surface area contributed by atoms with Crippen LogP contribution in [-0.4, -0.2) is 42.0 Å². The second-order valence-electron chi connectivity index (χ2n) is 8.86. The van der Waals surface area contributed by atoms with Crippen LogP contribution in [-0.2, 0) is 11.3 Å². The van der Waals surface area contributed by atoms with Gasteiger partial charge in [-0.3, -0.25) is 9.59 Å². The van der Waals surface area contributed by atoms with Gasteiger partial charge in [0.1, 0.15) is 11.5 Å². The van der Waals surface area contributed by atoms with Gasteiger partial charge >= 0.3 is 0 Å². The standard InChI is InChI=1S/C27H36ClN3O4/c1-19(2)31(20(3)4)27(33)25-14-13-24(17-26(25)28)35-16-8-6-7-15-34-23-11-9-22(10-12-23)18-29-30-21(5)32/h9-14,17,19-20H,6-8,15-16,18H2,1-5H3. The van der Waals surface area contributed by atoms with Gasteiger partial charge in [-0.25, -0.2) is 0 Å². The van der Waals surface area contributed by atoms with Crippen molar-refractivity contribution < 1.29 is 19.1 Å². The molecule has 35 heavy (non-hydrogen) atoms. The number of carbonyl (C=O) groups excluding carboxylic acids is 2. The largest absolute Gasteiger partial charge is 0.494 e. The Hall–Kier alpha value is -2.93. The third-order valence-electron chi connectivity index (χ3n) is 5.23. The molecule has 0 radical (unpaired) electrons. The minimum Gasteiger partial charge on any atom is -0.494 e. The lowest BCUT2D eigenvalue weighted by Gasteiger charge is -2.31. The molecular weight excluding hydrogens is 466 g/mol. The van der Waals surface area contributed by atoms with Crippen molar-refractivity contribution in [1.82, 2.24) is 4.90 Å². The minimum atomic E-state index is -0.302. The molecular formula is C27H36ClN3O4. The molecule has 0 aliphatic heterocycles. The molecule has 0 aromatic heterocycles. The van der Waals surface area contributed by atoms with Crippen LogP contribution >= 0.6 is 11.6 Å². The van der Waals surface area contributed by atoms with Crippen LogP contribution in [0.25, 0.3) is 0 Å². The molecule has 0 atom stereocenters. The van der Waals surface area contributed by atoms with E-state index in [-0.39, 0.29) is 23.9 Å². The summed E-state index contributed by atoms with van der Waals surface area (Å²) in [6, 6.07) is 13.0. The summed E-state index contributed by atoms with van der Waals surface area (Å²) in [5, 5.41) is 7.74. The van der Waals surface area contributed by atoms with Crippen molar-refractivity contribution in [2.75, 3.05) is 13.2 Å². The van der Waals surface area contributed by atoms with Crippen molar-refractivity contribution in [2.24, 2.45) is 10.2 Å². The molecule has 2 aromatic carbocycles. The van der Waals surface area contributed by atoms with Gasteiger partial charge in [0, 0.05) is 19.0 Å². The van der Waals surface area contributed by atoms with Crippen LogP contribution in [0.2, 0.25) is 5.02 Å². The smallest absolute Gasteiger partial charge is 0.261 e. The minimum absolute atomic E-state index is 0.0697. The highest BCUT2D eigenvalue weighted by molar-refractivity contribution is 6.34. The van der Waals surface area contributed by atoms with Gasteiger partial charge in [0.05, 0.1) is 30.3 Å². The molecule has 2 aromatic rings. The van der Waals surface area contributed by atoms with Crippen LogP contribution in [0.3, 0.4) is 0 Å². The molecule has 190 valence electrons. The van der Waals surface area contributed by atoms with Gasteiger partial charge in [-0.2, -0.15) is 5.11 Å². The molecule has 0 bridgehead atoms. The SMILES string of the molecule is CC(=O)N=NCc1ccc(OCCCCCOc2ccc(C(=O)N(C(C)C)C(C)C)c(Cl)c2)cc1. The van der Waals surface area contributed by atoms with Crippen LogP contribution in [0.4, 0.5) is 0 Å². The number of benzene rings is 2. The van der Waals surface area contributed by atoms with Gasteiger partial charge in [0.15, 0.2) is 0 Å². The van der Waals surface area contributed by atoms with Gasteiger partial charge in [-0.15, -0.1) is 5.11 Å². The van der Waals surface area contributed by atoms with Crippen molar-refractivity contribution in [3.8, 4) is 11.5 Å². The van der Waals surface area contributed by atoms with E-state index < -0.39 is 0 Å². The predicted octanol–water partition coefficient (Wildman–Crippen LogP) is 6.73. The summed E-state index contributed by atoms with van der Waals surface area (Å²) in [6.45, 7) is 10.9. The summed E-state index contributed by atoms with van der Waals surface area (Å²) < 4.78 is 11.6. The van der Waals surface area contributed by atoms with Gasteiger partial charge in [-0.05, 0) is 82.9 Å². The van der Waals surface area contributed by atoms with E-state index >= 15 is 0 Å². The van der Waals surface area contributed by atoms with Gasteiger partial charge in [0.2, 0.25) is 0 Å². The average molecular weight is 502 g/mol. The Morgan fingerprint density at radius 3 is 2.00 bits per heavy atom. The third kappa shape index (κ3) is 9.68. The van der Waals surface area contributed by atoms with Crippen LogP contribution in [0, 0.1) is 0 Å². The fourth-order valence-electron chi connectivity index (χ4n) is 3.63. The molecule has 7 nitrogen and oxygen atoms in total. The van der Waals surface area contributed by atoms with Crippen molar-refractivity contribution in [2.45, 2.75) is 72.5 Å². The highest BCUT2D eigenvalue weighted by Gasteiger charge is 2.23. The molecule has 0 saturated heterocycles. The van der Waals surface area contributed by atoms with E-state index in [1.807, 2.05) is 56.9 Å². The Morgan fingerprint density at radius 2 is 1.46 bits per heavy atom. The van der Waals surface area contributed by atoms with E-state index in [9.17, 15) is 9.59 Å². The Morgan fingerprint density at radius 1 is 0.886 bits per heavy atom. The van der Waals surface area contributed by atoms with E-state index in [1.54, 1.807) is 18.2 Å². The Labute approximate surface area is 213 Å². The maximum absolute atomic E-state index is 12.9. The Bertz CT molecular complexity index is 982. The number of carbonyl (C=O) groups is 2. The molecule has 0 unspecified atom stereocenters. The number of nitrogens with zero attached hydrogens (tertiary/aromatic N) is 3. The highest BCUT2D eigenvalue weighted by Crippen LogP contribution is 2.25. The maximum Gasteiger partial charge on any atom is 0.261 e. The first-order valence-corrected chi connectivity index (χ1v) is 12.4. The average Bonchev–Trinajstić information content (AvgIpc) is 2.78. The number of hydrogen-bond acceptors (Lipinski definition) is 5. The van der Waals surface area contributed by atoms with E-state index in [0.717, 1.165) is 30.6 Å². The monoisotopic (exact) mass is 501 g/mol. The lowest BCUT2D eigenvalue weighted by atomic mass is 10.1. The second-order valence-corrected chi connectivity index (χ2v) is 9.27. The lowest BCUT2D eigenvalue weighted by Crippen LogP contribution is -2.42.